The fourth-order valence-corrected chi connectivity index (χ4v) is 1.45. The molecule has 5 heteroatoms. The van der Waals surface area contributed by atoms with Crippen LogP contribution in [0.2, 0.25) is 0 Å². The van der Waals surface area contributed by atoms with Gasteiger partial charge in [0.1, 0.15) is 0 Å². The molecule has 0 aromatic heterocycles. The van der Waals surface area contributed by atoms with E-state index in [0.29, 0.717) is 19.0 Å². The molecule has 15 heavy (non-hydrogen) atoms. The van der Waals surface area contributed by atoms with Crippen LogP contribution in [0.5, 0.6) is 0 Å². The Labute approximate surface area is 90.6 Å². The van der Waals surface area contributed by atoms with Crippen molar-refractivity contribution in [1.82, 2.24) is 4.90 Å². The third-order valence-electron chi connectivity index (χ3n) is 1.81. The third kappa shape index (κ3) is 8.35. The normalized spacial score (nSPS) is 13.5. The van der Waals surface area contributed by atoms with Crippen LogP contribution < -0.4 is 0 Å². The van der Waals surface area contributed by atoms with Gasteiger partial charge in [0.15, 0.2) is 0 Å². The van der Waals surface area contributed by atoms with Gasteiger partial charge in [-0.3, -0.25) is 9.69 Å². The lowest BCUT2D eigenvalue weighted by atomic mass is 10.2. The first-order chi connectivity index (χ1) is 6.95. The average molecular weight is 219 g/mol. The highest BCUT2D eigenvalue weighted by Crippen LogP contribution is 2.00. The number of nitrogens with zero attached hydrogens (tertiary/aromatic N) is 1. The SMILES string of the molecule is COCC(O)CN(CC(=O)O)CC(C)C. The molecule has 2 N–H and O–H groups in total. The van der Waals surface area contributed by atoms with Gasteiger partial charge in [-0.05, 0) is 5.92 Å². The molecule has 0 aromatic carbocycles. The van der Waals surface area contributed by atoms with Crippen molar-refractivity contribution in [3.05, 3.63) is 0 Å². The van der Waals surface area contributed by atoms with Crippen molar-refractivity contribution in [3.63, 3.8) is 0 Å². The summed E-state index contributed by atoms with van der Waals surface area (Å²) in [6, 6.07) is 0. The lowest BCUT2D eigenvalue weighted by molar-refractivity contribution is -0.138. The van der Waals surface area contributed by atoms with E-state index in [1.54, 1.807) is 4.90 Å². The predicted molar refractivity (Wildman–Crippen MR) is 56.8 cm³/mol. The summed E-state index contributed by atoms with van der Waals surface area (Å²) in [7, 11) is 1.51. The number of aliphatic carboxylic acids is 1. The number of hydrogen-bond donors (Lipinski definition) is 2. The van der Waals surface area contributed by atoms with Crippen LogP contribution >= 0.6 is 0 Å². The Morgan fingerprint density at radius 3 is 2.40 bits per heavy atom. The number of methoxy groups -OCH3 is 1. The first-order valence-electron chi connectivity index (χ1n) is 5.06. The highest BCUT2D eigenvalue weighted by Gasteiger charge is 2.15. The van der Waals surface area contributed by atoms with Crippen molar-refractivity contribution in [2.24, 2.45) is 5.92 Å². The monoisotopic (exact) mass is 219 g/mol. The molecule has 0 aliphatic heterocycles. The molecular weight excluding hydrogens is 198 g/mol. The van der Waals surface area contributed by atoms with Gasteiger partial charge < -0.3 is 14.9 Å². The largest absolute Gasteiger partial charge is 0.480 e. The maximum atomic E-state index is 10.6. The highest BCUT2D eigenvalue weighted by atomic mass is 16.5. The Morgan fingerprint density at radius 1 is 1.40 bits per heavy atom. The summed E-state index contributed by atoms with van der Waals surface area (Å²) in [5, 5.41) is 18.2. The Bertz CT molecular complexity index is 184. The first-order valence-corrected chi connectivity index (χ1v) is 5.06. The number of ether oxygens (including phenoxy) is 1. The number of aliphatic hydroxyl groups excluding tert-OH is 1. The summed E-state index contributed by atoms with van der Waals surface area (Å²) in [6.07, 6.45) is -0.631. The zero-order chi connectivity index (χ0) is 11.8. The van der Waals surface area contributed by atoms with Crippen molar-refractivity contribution in [3.8, 4) is 0 Å². The molecule has 0 saturated carbocycles. The van der Waals surface area contributed by atoms with E-state index in [1.807, 2.05) is 13.8 Å². The first kappa shape index (κ1) is 14.3. The smallest absolute Gasteiger partial charge is 0.317 e. The van der Waals surface area contributed by atoms with Gasteiger partial charge in [0, 0.05) is 20.2 Å². The molecule has 0 aliphatic rings. The molecule has 1 unspecified atom stereocenters. The number of rotatable bonds is 8. The molecule has 0 spiro atoms. The minimum Gasteiger partial charge on any atom is -0.480 e. The van der Waals surface area contributed by atoms with Gasteiger partial charge in [0.05, 0.1) is 19.3 Å². The number of hydrogen-bond acceptors (Lipinski definition) is 4. The molecule has 0 radical (unpaired) electrons. The van der Waals surface area contributed by atoms with Crippen LogP contribution in [-0.2, 0) is 9.53 Å². The second-order valence-electron chi connectivity index (χ2n) is 4.09. The Morgan fingerprint density at radius 2 is 2.00 bits per heavy atom. The predicted octanol–water partition coefficient (Wildman–Crippen LogP) is 0.0363. The van der Waals surface area contributed by atoms with Gasteiger partial charge in [-0.2, -0.15) is 0 Å². The van der Waals surface area contributed by atoms with Gasteiger partial charge in [-0.25, -0.2) is 0 Å². The zero-order valence-electron chi connectivity index (χ0n) is 9.64. The lowest BCUT2D eigenvalue weighted by Gasteiger charge is -2.24. The van der Waals surface area contributed by atoms with Crippen molar-refractivity contribution in [1.29, 1.82) is 0 Å². The van der Waals surface area contributed by atoms with Crippen LogP contribution in [0, 0.1) is 5.92 Å². The fourth-order valence-electron chi connectivity index (χ4n) is 1.45. The molecule has 0 bridgehead atoms. The summed E-state index contributed by atoms with van der Waals surface area (Å²) >= 11 is 0. The average Bonchev–Trinajstić information content (AvgIpc) is 2.00. The molecule has 0 fully saturated rings. The topological polar surface area (TPSA) is 70.0 Å². The van der Waals surface area contributed by atoms with E-state index >= 15 is 0 Å². The van der Waals surface area contributed by atoms with Gasteiger partial charge in [0.25, 0.3) is 0 Å². The van der Waals surface area contributed by atoms with Crippen molar-refractivity contribution in [2.45, 2.75) is 20.0 Å². The zero-order valence-corrected chi connectivity index (χ0v) is 9.64. The number of aliphatic hydroxyl groups is 1. The molecule has 1 atom stereocenters. The summed E-state index contributed by atoms with van der Waals surface area (Å²) < 4.78 is 4.79. The molecular formula is C10H21NO4. The van der Waals surface area contributed by atoms with Crippen LogP contribution in [-0.4, -0.2) is 60.5 Å². The molecule has 5 nitrogen and oxygen atoms in total. The summed E-state index contributed by atoms with van der Waals surface area (Å²) in [5.74, 6) is -0.501. The van der Waals surface area contributed by atoms with E-state index in [4.69, 9.17) is 9.84 Å². The van der Waals surface area contributed by atoms with Crippen molar-refractivity contribution < 1.29 is 19.7 Å². The number of carboxylic acids is 1. The van der Waals surface area contributed by atoms with E-state index < -0.39 is 12.1 Å². The van der Waals surface area contributed by atoms with E-state index in [1.165, 1.54) is 7.11 Å². The molecule has 0 saturated heterocycles. The second-order valence-corrected chi connectivity index (χ2v) is 4.09. The standard InChI is InChI=1S/C10H21NO4/c1-8(2)4-11(6-10(13)14)5-9(12)7-15-3/h8-9,12H,4-7H2,1-3H3,(H,13,14). The molecule has 0 heterocycles. The lowest BCUT2D eigenvalue weighted by Crippen LogP contribution is -2.40. The van der Waals surface area contributed by atoms with E-state index in [0.717, 1.165) is 0 Å². The quantitative estimate of drug-likeness (QED) is 0.603. The van der Waals surface area contributed by atoms with E-state index in [2.05, 4.69) is 0 Å². The van der Waals surface area contributed by atoms with Crippen molar-refractivity contribution >= 4 is 5.97 Å². The second kappa shape index (κ2) is 7.62. The van der Waals surface area contributed by atoms with E-state index in [-0.39, 0.29) is 13.2 Å². The molecule has 0 aliphatic carbocycles. The van der Waals surface area contributed by atoms with Crippen LogP contribution in [0.3, 0.4) is 0 Å². The fraction of sp³-hybridized carbons (Fsp3) is 0.900. The Kier molecular flexibility index (Phi) is 7.29. The van der Waals surface area contributed by atoms with Crippen LogP contribution in [0.4, 0.5) is 0 Å². The van der Waals surface area contributed by atoms with Gasteiger partial charge in [-0.1, -0.05) is 13.8 Å². The number of carbonyl (C=O) groups is 1. The Hall–Kier alpha value is -0.650. The third-order valence-corrected chi connectivity index (χ3v) is 1.81. The van der Waals surface area contributed by atoms with Gasteiger partial charge >= 0.3 is 5.97 Å². The Balaban J connectivity index is 4.04. The van der Waals surface area contributed by atoms with Crippen LogP contribution in [0.1, 0.15) is 13.8 Å². The minimum atomic E-state index is -0.875. The molecule has 90 valence electrons. The maximum Gasteiger partial charge on any atom is 0.317 e. The molecule has 0 rings (SSSR count). The maximum absolute atomic E-state index is 10.6. The highest BCUT2D eigenvalue weighted by molar-refractivity contribution is 5.69. The number of carboxylic acid groups (broad SMARTS) is 1. The van der Waals surface area contributed by atoms with Crippen LogP contribution in [0.25, 0.3) is 0 Å². The van der Waals surface area contributed by atoms with E-state index in [9.17, 15) is 9.90 Å². The van der Waals surface area contributed by atoms with Crippen molar-refractivity contribution in [2.75, 3.05) is 33.4 Å². The summed E-state index contributed by atoms with van der Waals surface area (Å²) in [4.78, 5) is 12.3. The van der Waals surface area contributed by atoms with Gasteiger partial charge in [-0.15, -0.1) is 0 Å². The van der Waals surface area contributed by atoms with Gasteiger partial charge in [0.2, 0.25) is 0 Å². The summed E-state index contributed by atoms with van der Waals surface area (Å²) in [6.45, 7) is 5.20. The molecule has 0 amide bonds. The minimum absolute atomic E-state index is 0.0427. The molecule has 0 aromatic rings. The van der Waals surface area contributed by atoms with Crippen LogP contribution in [0.15, 0.2) is 0 Å². The summed E-state index contributed by atoms with van der Waals surface area (Å²) in [5.41, 5.74) is 0.